The average molecular weight is 818 g/mol. The van der Waals surface area contributed by atoms with Crippen LogP contribution in [0.4, 0.5) is 0 Å². The predicted octanol–water partition coefficient (Wildman–Crippen LogP) is 16.1. The van der Waals surface area contributed by atoms with E-state index in [0.717, 1.165) is 72.4 Å². The van der Waals surface area contributed by atoms with Crippen molar-refractivity contribution >= 4 is 21.8 Å². The Labute approximate surface area is 369 Å². The molecule has 8 rings (SSSR count). The molecule has 0 saturated heterocycles. The molecule has 0 aliphatic heterocycles. The van der Waals surface area contributed by atoms with Crippen LogP contribution in [0.1, 0.15) is 130 Å². The van der Waals surface area contributed by atoms with Crippen molar-refractivity contribution in [1.29, 1.82) is 0 Å². The molecule has 4 nitrogen and oxygen atoms in total. The van der Waals surface area contributed by atoms with Crippen molar-refractivity contribution in [2.75, 3.05) is 0 Å². The largest absolute Gasteiger partial charge is 0.507 e. The second-order valence-corrected chi connectivity index (χ2v) is 21.0. The standard InChI is InChI=1S/C58H63N3O/c1-35(2)46-31-39(37-20-15-14-16-21-37)32-47(36(3)4)53(46)61-50-25-19-24-45(52(50)60-55(61)48-33-43(57(8,9)10)34-49(54(48)62)58(11,12)13)40-28-41(30-42(29-40)56(5,6)7)51-44-23-18-17-22-38(44)26-27-59-51/h14-36,62H,1-13H3. The van der Waals surface area contributed by atoms with Crippen molar-refractivity contribution in [3.63, 3.8) is 0 Å². The number of phenolic OH excluding ortho intramolecular Hbond substituents is 1. The molecule has 0 saturated carbocycles. The fourth-order valence-corrected chi connectivity index (χ4v) is 8.87. The van der Waals surface area contributed by atoms with Crippen molar-refractivity contribution in [3.8, 4) is 56.3 Å². The lowest BCUT2D eigenvalue weighted by atomic mass is 9.78. The first-order valence-corrected chi connectivity index (χ1v) is 22.4. The van der Waals surface area contributed by atoms with E-state index in [1.165, 1.54) is 27.8 Å². The Bertz CT molecular complexity index is 2930. The highest BCUT2D eigenvalue weighted by atomic mass is 16.3. The summed E-state index contributed by atoms with van der Waals surface area (Å²) < 4.78 is 2.38. The van der Waals surface area contributed by atoms with Gasteiger partial charge < -0.3 is 5.11 Å². The van der Waals surface area contributed by atoms with Gasteiger partial charge in [0.05, 0.1) is 28.0 Å². The van der Waals surface area contributed by atoms with Crippen molar-refractivity contribution in [2.24, 2.45) is 0 Å². The van der Waals surface area contributed by atoms with Crippen molar-refractivity contribution in [2.45, 2.75) is 118 Å². The third-order valence-corrected chi connectivity index (χ3v) is 12.5. The highest BCUT2D eigenvalue weighted by molar-refractivity contribution is 5.99. The third-order valence-electron chi connectivity index (χ3n) is 12.5. The van der Waals surface area contributed by atoms with Gasteiger partial charge in [-0.25, -0.2) is 4.98 Å². The molecule has 0 unspecified atom stereocenters. The van der Waals surface area contributed by atoms with E-state index in [9.17, 15) is 5.11 Å². The van der Waals surface area contributed by atoms with Crippen LogP contribution in [0.25, 0.3) is 72.4 Å². The fraction of sp³-hybridized carbons (Fsp3) is 0.310. The SMILES string of the molecule is CC(C)c1cc(-c2ccccc2)cc(C(C)C)c1-n1c(-c2cc(C(C)(C)C)cc(C(C)(C)C)c2O)nc2c(-c3cc(-c4nccc5ccccc45)cc(C(C)(C)C)c3)cccc21. The molecule has 0 aliphatic rings. The van der Waals surface area contributed by atoms with E-state index in [4.69, 9.17) is 9.97 Å². The van der Waals surface area contributed by atoms with Crippen LogP contribution in [0.3, 0.4) is 0 Å². The highest BCUT2D eigenvalue weighted by Crippen LogP contribution is 2.47. The summed E-state index contributed by atoms with van der Waals surface area (Å²) in [5, 5.41) is 14.9. The zero-order valence-corrected chi connectivity index (χ0v) is 39.1. The number of phenols is 1. The second-order valence-electron chi connectivity index (χ2n) is 21.0. The van der Waals surface area contributed by atoms with Gasteiger partial charge >= 0.3 is 0 Å². The summed E-state index contributed by atoms with van der Waals surface area (Å²) in [4.78, 5) is 10.8. The van der Waals surface area contributed by atoms with Gasteiger partial charge in [0.25, 0.3) is 0 Å². The minimum Gasteiger partial charge on any atom is -0.507 e. The number of para-hydroxylation sites is 1. The summed E-state index contributed by atoms with van der Waals surface area (Å²) in [6.45, 7) is 29.3. The van der Waals surface area contributed by atoms with Crippen LogP contribution in [0.2, 0.25) is 0 Å². The van der Waals surface area contributed by atoms with Gasteiger partial charge in [-0.05, 0) is 115 Å². The predicted molar refractivity (Wildman–Crippen MR) is 264 cm³/mol. The molecule has 316 valence electrons. The van der Waals surface area contributed by atoms with Crippen LogP contribution < -0.4 is 0 Å². The number of nitrogens with zero attached hydrogens (tertiary/aromatic N) is 3. The van der Waals surface area contributed by atoms with Crippen molar-refractivity contribution in [3.05, 3.63) is 155 Å². The highest BCUT2D eigenvalue weighted by Gasteiger charge is 2.31. The maximum absolute atomic E-state index is 12.6. The summed E-state index contributed by atoms with van der Waals surface area (Å²) in [6.07, 6.45) is 1.92. The number of rotatable bonds is 7. The van der Waals surface area contributed by atoms with Crippen molar-refractivity contribution < 1.29 is 5.11 Å². The first-order chi connectivity index (χ1) is 29.2. The van der Waals surface area contributed by atoms with Gasteiger partial charge in [0, 0.05) is 28.3 Å². The fourth-order valence-electron chi connectivity index (χ4n) is 8.87. The Morgan fingerprint density at radius 2 is 1.15 bits per heavy atom. The van der Waals surface area contributed by atoms with Crippen LogP contribution in [-0.4, -0.2) is 19.6 Å². The van der Waals surface area contributed by atoms with E-state index in [1.807, 2.05) is 6.20 Å². The molecule has 0 fully saturated rings. The number of aromatic hydroxyl groups is 1. The van der Waals surface area contributed by atoms with Crippen LogP contribution in [-0.2, 0) is 16.2 Å². The molecule has 2 aromatic heterocycles. The molecule has 8 aromatic rings. The lowest BCUT2D eigenvalue weighted by Crippen LogP contribution is -2.17. The van der Waals surface area contributed by atoms with E-state index in [0.29, 0.717) is 0 Å². The van der Waals surface area contributed by atoms with E-state index in [2.05, 4.69) is 216 Å². The second kappa shape index (κ2) is 15.7. The van der Waals surface area contributed by atoms with Gasteiger partial charge in [0.15, 0.2) is 0 Å². The van der Waals surface area contributed by atoms with Crippen LogP contribution in [0.15, 0.2) is 128 Å². The summed E-state index contributed by atoms with van der Waals surface area (Å²) >= 11 is 0. The summed E-state index contributed by atoms with van der Waals surface area (Å²) in [7, 11) is 0. The van der Waals surface area contributed by atoms with Gasteiger partial charge in [-0.15, -0.1) is 0 Å². The van der Waals surface area contributed by atoms with Gasteiger partial charge in [-0.3, -0.25) is 9.55 Å². The summed E-state index contributed by atoms with van der Waals surface area (Å²) in [6, 6.07) is 44.0. The number of imidazole rings is 1. The van der Waals surface area contributed by atoms with Crippen LogP contribution in [0, 0.1) is 0 Å². The van der Waals surface area contributed by atoms with Gasteiger partial charge in [0.2, 0.25) is 0 Å². The lowest BCUT2D eigenvalue weighted by Gasteiger charge is -2.28. The molecule has 0 amide bonds. The van der Waals surface area contributed by atoms with Crippen LogP contribution in [0.5, 0.6) is 5.75 Å². The van der Waals surface area contributed by atoms with Gasteiger partial charge in [-0.1, -0.05) is 169 Å². The Hall–Kier alpha value is -6.00. The molecule has 0 atom stereocenters. The Kier molecular flexibility index (Phi) is 10.8. The third kappa shape index (κ3) is 7.85. The average Bonchev–Trinajstić information content (AvgIpc) is 3.61. The molecule has 2 heterocycles. The smallest absolute Gasteiger partial charge is 0.149 e. The Morgan fingerprint density at radius 1 is 0.532 bits per heavy atom. The molecule has 0 spiro atoms. The molecule has 6 aromatic carbocycles. The number of pyridine rings is 1. The Morgan fingerprint density at radius 3 is 1.77 bits per heavy atom. The molecular formula is C58H63N3O. The zero-order chi connectivity index (χ0) is 44.5. The minimum absolute atomic E-state index is 0.130. The quantitative estimate of drug-likeness (QED) is 0.174. The number of hydrogen-bond donors (Lipinski definition) is 1. The normalized spacial score (nSPS) is 12.6. The van der Waals surface area contributed by atoms with Crippen LogP contribution >= 0.6 is 0 Å². The zero-order valence-electron chi connectivity index (χ0n) is 39.1. The molecule has 0 aliphatic carbocycles. The molecule has 62 heavy (non-hydrogen) atoms. The topological polar surface area (TPSA) is 50.9 Å². The van der Waals surface area contributed by atoms with Gasteiger partial charge in [0.1, 0.15) is 11.6 Å². The van der Waals surface area contributed by atoms with E-state index in [-0.39, 0.29) is 33.8 Å². The van der Waals surface area contributed by atoms with E-state index < -0.39 is 0 Å². The summed E-state index contributed by atoms with van der Waals surface area (Å²) in [5.41, 5.74) is 15.5. The van der Waals surface area contributed by atoms with E-state index in [1.54, 1.807) is 0 Å². The monoisotopic (exact) mass is 817 g/mol. The number of aromatic nitrogens is 3. The van der Waals surface area contributed by atoms with E-state index >= 15 is 0 Å². The number of benzene rings is 6. The maximum atomic E-state index is 12.6. The van der Waals surface area contributed by atoms with Crippen molar-refractivity contribution in [1.82, 2.24) is 14.5 Å². The van der Waals surface area contributed by atoms with Gasteiger partial charge in [-0.2, -0.15) is 0 Å². The molecular weight excluding hydrogens is 755 g/mol. The molecule has 0 bridgehead atoms. The molecule has 0 radical (unpaired) electrons. The molecule has 4 heteroatoms. The first-order valence-electron chi connectivity index (χ1n) is 22.4. The number of hydrogen-bond acceptors (Lipinski definition) is 3. The summed E-state index contributed by atoms with van der Waals surface area (Å²) in [5.74, 6) is 1.40. The molecule has 1 N–H and O–H groups in total. The maximum Gasteiger partial charge on any atom is 0.149 e. The first kappa shape index (κ1) is 42.7. The minimum atomic E-state index is -0.314. The Balaban J connectivity index is 1.52. The number of fused-ring (bicyclic) bond motifs is 2. The lowest BCUT2D eigenvalue weighted by molar-refractivity contribution is 0.446.